The number of aromatic nitrogens is 2. The lowest BCUT2D eigenvalue weighted by Crippen LogP contribution is -2.47. The summed E-state index contributed by atoms with van der Waals surface area (Å²) in [5.41, 5.74) is 0.426. The van der Waals surface area contributed by atoms with Crippen molar-refractivity contribution in [3.8, 4) is 0 Å². The highest BCUT2D eigenvalue weighted by Gasteiger charge is 2.34. The molecule has 0 aliphatic carbocycles. The van der Waals surface area contributed by atoms with E-state index in [-0.39, 0.29) is 23.8 Å². The molecule has 2 rings (SSSR count). The van der Waals surface area contributed by atoms with E-state index in [2.05, 4.69) is 9.59 Å². The minimum Gasteiger partial charge on any atom is -0.481 e. The normalized spacial score (nSPS) is 19.6. The maximum Gasteiger partial charge on any atom is 0.305 e. The van der Waals surface area contributed by atoms with E-state index < -0.39 is 5.97 Å². The first-order valence-corrected chi connectivity index (χ1v) is 8.67. The fourth-order valence-electron chi connectivity index (χ4n) is 2.24. The van der Waals surface area contributed by atoms with E-state index in [1.165, 1.54) is 0 Å². The lowest BCUT2D eigenvalue weighted by atomic mass is 9.91. The summed E-state index contributed by atoms with van der Waals surface area (Å²) in [7, 11) is 0. The number of hydrogen-bond acceptors (Lipinski definition) is 6. The predicted molar refractivity (Wildman–Crippen MR) is 83.0 cm³/mol. The Morgan fingerprint density at radius 2 is 2.14 bits per heavy atom. The summed E-state index contributed by atoms with van der Waals surface area (Å²) in [5, 5.41) is 13.1. The molecule has 2 heterocycles. The Labute approximate surface area is 132 Å². The Morgan fingerprint density at radius 3 is 2.76 bits per heavy atom. The maximum atomic E-state index is 12.8. The molecule has 1 atom stereocenters. The third-order valence-electron chi connectivity index (χ3n) is 3.29. The molecule has 1 aromatic rings. The molecule has 1 amide bonds. The zero-order valence-corrected chi connectivity index (χ0v) is 14.0. The number of aliphatic carboxylic acids is 1. The zero-order chi connectivity index (χ0) is 15.6. The highest BCUT2D eigenvalue weighted by molar-refractivity contribution is 7.99. The quantitative estimate of drug-likeness (QED) is 0.911. The number of thioether (sulfide) groups is 1. The fourth-order valence-corrected chi connectivity index (χ4v) is 4.14. The van der Waals surface area contributed by atoms with Crippen LogP contribution in [0.25, 0.3) is 0 Å². The van der Waals surface area contributed by atoms with Crippen LogP contribution in [0.1, 0.15) is 42.6 Å². The van der Waals surface area contributed by atoms with Crippen molar-refractivity contribution in [2.24, 2.45) is 0 Å². The van der Waals surface area contributed by atoms with Gasteiger partial charge in [-0.15, -0.1) is 5.10 Å². The number of carboxylic acid groups (broad SMARTS) is 1. The lowest BCUT2D eigenvalue weighted by molar-refractivity contribution is -0.138. The summed E-state index contributed by atoms with van der Waals surface area (Å²) >= 11 is 2.78. The van der Waals surface area contributed by atoms with Crippen LogP contribution in [-0.4, -0.2) is 55.6 Å². The smallest absolute Gasteiger partial charge is 0.305 e. The van der Waals surface area contributed by atoms with Gasteiger partial charge >= 0.3 is 5.97 Å². The number of amides is 1. The van der Waals surface area contributed by atoms with Gasteiger partial charge in [-0.3, -0.25) is 9.59 Å². The van der Waals surface area contributed by atoms with Gasteiger partial charge in [0.2, 0.25) is 0 Å². The van der Waals surface area contributed by atoms with Gasteiger partial charge < -0.3 is 10.0 Å². The molecule has 1 fully saturated rings. The number of carbonyl (C=O) groups excluding carboxylic acids is 1. The van der Waals surface area contributed by atoms with Crippen LogP contribution in [0.4, 0.5) is 0 Å². The molecule has 1 N–H and O–H groups in total. The second kappa shape index (κ2) is 6.31. The maximum absolute atomic E-state index is 12.8. The fraction of sp³-hybridized carbons (Fsp3) is 0.692. The van der Waals surface area contributed by atoms with Crippen LogP contribution in [0.3, 0.4) is 0 Å². The Kier molecular flexibility index (Phi) is 4.88. The predicted octanol–water partition coefficient (Wildman–Crippen LogP) is 1.87. The molecule has 21 heavy (non-hydrogen) atoms. The summed E-state index contributed by atoms with van der Waals surface area (Å²) in [6.07, 6.45) is -0.0180. The molecule has 1 aliphatic heterocycles. The summed E-state index contributed by atoms with van der Waals surface area (Å²) < 4.78 is 3.91. The van der Waals surface area contributed by atoms with E-state index in [0.717, 1.165) is 17.3 Å². The van der Waals surface area contributed by atoms with Crippen molar-refractivity contribution in [1.82, 2.24) is 14.5 Å². The minimum absolute atomic E-state index is 0.0180. The van der Waals surface area contributed by atoms with E-state index in [4.69, 9.17) is 5.11 Å². The Hall–Kier alpha value is -1.15. The van der Waals surface area contributed by atoms with Crippen LogP contribution < -0.4 is 0 Å². The largest absolute Gasteiger partial charge is 0.481 e. The molecule has 1 unspecified atom stereocenters. The molecule has 0 aromatic carbocycles. The Balaban J connectivity index is 2.25. The number of carbonyl (C=O) groups is 2. The van der Waals surface area contributed by atoms with Gasteiger partial charge in [-0.05, 0) is 11.5 Å². The molecule has 1 saturated heterocycles. The minimum atomic E-state index is -0.876. The average molecular weight is 329 g/mol. The summed E-state index contributed by atoms with van der Waals surface area (Å²) in [6, 6.07) is -0.260. The zero-order valence-electron chi connectivity index (χ0n) is 12.3. The van der Waals surface area contributed by atoms with Crippen molar-refractivity contribution in [1.29, 1.82) is 0 Å². The van der Waals surface area contributed by atoms with Gasteiger partial charge in [0.05, 0.1) is 18.2 Å². The lowest BCUT2D eigenvalue weighted by Gasteiger charge is -2.34. The highest BCUT2D eigenvalue weighted by Crippen LogP contribution is 2.29. The molecular formula is C13H19N3O3S2. The number of nitrogens with zero attached hydrogens (tertiary/aromatic N) is 3. The van der Waals surface area contributed by atoms with Gasteiger partial charge in [-0.1, -0.05) is 25.3 Å². The molecule has 0 spiro atoms. The molecule has 8 heteroatoms. The van der Waals surface area contributed by atoms with Crippen LogP contribution in [0.5, 0.6) is 0 Å². The molecule has 1 aromatic heterocycles. The third-order valence-corrected chi connectivity index (χ3v) is 5.10. The number of carboxylic acids is 1. The van der Waals surface area contributed by atoms with Gasteiger partial charge in [0, 0.05) is 23.5 Å². The molecule has 0 bridgehead atoms. The molecule has 116 valence electrons. The summed E-state index contributed by atoms with van der Waals surface area (Å²) in [5.74, 6) is 0.480. The Bertz CT molecular complexity index is 539. The average Bonchev–Trinajstić information content (AvgIpc) is 2.87. The highest BCUT2D eigenvalue weighted by atomic mass is 32.2. The molecular weight excluding hydrogens is 310 g/mol. The molecule has 6 nitrogen and oxygen atoms in total. The summed E-state index contributed by atoms with van der Waals surface area (Å²) in [4.78, 5) is 26.0. The van der Waals surface area contributed by atoms with Crippen molar-refractivity contribution in [2.75, 3.05) is 18.1 Å². The van der Waals surface area contributed by atoms with Crippen molar-refractivity contribution >= 4 is 35.2 Å². The summed E-state index contributed by atoms with van der Waals surface area (Å²) in [6.45, 7) is 6.53. The van der Waals surface area contributed by atoms with Gasteiger partial charge in [0.15, 0.2) is 0 Å². The van der Waals surface area contributed by atoms with Crippen molar-refractivity contribution in [2.45, 2.75) is 38.6 Å². The monoisotopic (exact) mass is 329 g/mol. The van der Waals surface area contributed by atoms with E-state index in [1.54, 1.807) is 16.7 Å². The van der Waals surface area contributed by atoms with Crippen LogP contribution in [0.2, 0.25) is 0 Å². The first-order chi connectivity index (χ1) is 9.80. The molecule has 0 radical (unpaired) electrons. The first kappa shape index (κ1) is 16.2. The SMILES string of the molecule is CC(C)(C)c1nnsc1C(=O)N1CCSCC1CC(=O)O. The van der Waals surface area contributed by atoms with Crippen LogP contribution >= 0.6 is 23.3 Å². The molecule has 0 saturated carbocycles. The van der Waals surface area contributed by atoms with Gasteiger partial charge in [-0.2, -0.15) is 11.8 Å². The van der Waals surface area contributed by atoms with Crippen LogP contribution in [0, 0.1) is 0 Å². The van der Waals surface area contributed by atoms with E-state index in [9.17, 15) is 9.59 Å². The topological polar surface area (TPSA) is 83.4 Å². The van der Waals surface area contributed by atoms with Crippen molar-refractivity contribution < 1.29 is 14.7 Å². The van der Waals surface area contributed by atoms with Gasteiger partial charge in [-0.25, -0.2) is 0 Å². The molecule has 1 aliphatic rings. The van der Waals surface area contributed by atoms with Crippen LogP contribution in [-0.2, 0) is 10.2 Å². The van der Waals surface area contributed by atoms with Gasteiger partial charge in [0.1, 0.15) is 4.88 Å². The van der Waals surface area contributed by atoms with E-state index >= 15 is 0 Å². The van der Waals surface area contributed by atoms with E-state index in [1.807, 2.05) is 20.8 Å². The standard InChI is InChI=1S/C13H19N3O3S2/c1-13(2,3)11-10(21-15-14-11)12(19)16-4-5-20-7-8(16)6-9(17)18/h8H,4-7H2,1-3H3,(H,17,18). The second-order valence-corrected chi connectivity index (χ2v) is 7.93. The second-order valence-electron chi connectivity index (χ2n) is 6.03. The number of hydrogen-bond donors (Lipinski definition) is 1. The van der Waals surface area contributed by atoms with Gasteiger partial charge in [0.25, 0.3) is 5.91 Å². The Morgan fingerprint density at radius 1 is 1.43 bits per heavy atom. The van der Waals surface area contributed by atoms with Crippen molar-refractivity contribution in [3.63, 3.8) is 0 Å². The number of rotatable bonds is 3. The van der Waals surface area contributed by atoms with Crippen LogP contribution in [0.15, 0.2) is 0 Å². The van der Waals surface area contributed by atoms with E-state index in [0.29, 0.717) is 22.9 Å². The first-order valence-electron chi connectivity index (χ1n) is 6.74. The van der Waals surface area contributed by atoms with Crippen molar-refractivity contribution in [3.05, 3.63) is 10.6 Å². The third kappa shape index (κ3) is 3.74.